The van der Waals surface area contributed by atoms with Crippen molar-refractivity contribution in [2.75, 3.05) is 13.7 Å². The highest BCUT2D eigenvalue weighted by Crippen LogP contribution is 2.37. The first-order valence-electron chi connectivity index (χ1n) is 5.59. The van der Waals surface area contributed by atoms with Crippen molar-refractivity contribution in [2.24, 2.45) is 0 Å². The molecule has 2 rings (SSSR count). The van der Waals surface area contributed by atoms with Crippen molar-refractivity contribution in [3.8, 4) is 5.75 Å². The molecule has 0 aliphatic heterocycles. The molecule has 0 aliphatic carbocycles. The third-order valence-electron chi connectivity index (χ3n) is 2.85. The molecule has 17 heavy (non-hydrogen) atoms. The lowest BCUT2D eigenvalue weighted by Gasteiger charge is -2.05. The van der Waals surface area contributed by atoms with Crippen LogP contribution >= 0.6 is 15.9 Å². The van der Waals surface area contributed by atoms with Crippen molar-refractivity contribution in [3.63, 3.8) is 0 Å². The molecule has 0 radical (unpaired) electrons. The Balaban J connectivity index is 2.71. The summed E-state index contributed by atoms with van der Waals surface area (Å²) >= 11 is 3.39. The number of furan rings is 1. The number of hydrogen-bond donors (Lipinski definition) is 1. The molecule has 0 saturated carbocycles. The fraction of sp³-hybridized carbons (Fsp3) is 0.385. The topological polar surface area (TPSA) is 42.6 Å². The predicted octanol–water partition coefficient (Wildman–Crippen LogP) is 3.30. The van der Waals surface area contributed by atoms with E-state index < -0.39 is 0 Å². The summed E-state index contributed by atoms with van der Waals surface area (Å²) in [6.45, 7) is 2.18. The molecule has 0 fully saturated rings. The monoisotopic (exact) mass is 298 g/mol. The molecular weight excluding hydrogens is 284 g/mol. The van der Waals surface area contributed by atoms with E-state index >= 15 is 0 Å². The fourth-order valence-electron chi connectivity index (χ4n) is 1.98. The highest BCUT2D eigenvalue weighted by molar-refractivity contribution is 9.10. The lowest BCUT2D eigenvalue weighted by Crippen LogP contribution is -1.93. The van der Waals surface area contributed by atoms with E-state index in [1.54, 1.807) is 7.11 Å². The highest BCUT2D eigenvalue weighted by Gasteiger charge is 2.16. The third kappa shape index (κ3) is 2.19. The molecule has 4 heteroatoms. The van der Waals surface area contributed by atoms with Crippen LogP contribution in [0.15, 0.2) is 21.2 Å². The molecule has 1 aromatic carbocycles. The van der Waals surface area contributed by atoms with Gasteiger partial charge in [-0.3, -0.25) is 0 Å². The van der Waals surface area contributed by atoms with Gasteiger partial charge in [0.2, 0.25) is 0 Å². The minimum Gasteiger partial charge on any atom is -0.496 e. The van der Waals surface area contributed by atoms with E-state index in [0.29, 0.717) is 11.1 Å². The van der Waals surface area contributed by atoms with Crippen LogP contribution in [0, 0.1) is 0 Å². The van der Waals surface area contributed by atoms with E-state index in [1.165, 1.54) is 5.56 Å². The average Bonchev–Trinajstić information content (AvgIpc) is 2.65. The second kappa shape index (κ2) is 5.10. The molecule has 0 saturated heterocycles. The zero-order valence-corrected chi connectivity index (χ0v) is 11.5. The molecule has 0 aliphatic rings. The number of ether oxygens (including phenoxy) is 1. The molecule has 2 aromatic rings. The first-order chi connectivity index (χ1) is 8.21. The van der Waals surface area contributed by atoms with Gasteiger partial charge in [0.05, 0.1) is 12.5 Å². The minimum absolute atomic E-state index is 0.0892. The first-order valence-corrected chi connectivity index (χ1v) is 6.39. The summed E-state index contributed by atoms with van der Waals surface area (Å²) in [5, 5.41) is 10.0. The number of rotatable bonds is 4. The van der Waals surface area contributed by atoms with Gasteiger partial charge in [0, 0.05) is 18.6 Å². The van der Waals surface area contributed by atoms with Gasteiger partial charge in [-0.1, -0.05) is 6.92 Å². The normalized spacial score (nSPS) is 11.1. The van der Waals surface area contributed by atoms with Crippen LogP contribution in [0.4, 0.5) is 0 Å². The summed E-state index contributed by atoms with van der Waals surface area (Å²) in [5.41, 5.74) is 2.93. The Hall–Kier alpha value is -1.00. The molecular formula is C13H15BrO3. The van der Waals surface area contributed by atoms with Crippen LogP contribution in [0.5, 0.6) is 5.75 Å². The average molecular weight is 299 g/mol. The van der Waals surface area contributed by atoms with Crippen LogP contribution in [-0.4, -0.2) is 18.8 Å². The molecule has 0 bridgehead atoms. The van der Waals surface area contributed by atoms with Gasteiger partial charge < -0.3 is 14.3 Å². The molecule has 0 spiro atoms. The third-order valence-corrected chi connectivity index (χ3v) is 3.49. The second-order valence-electron chi connectivity index (χ2n) is 3.85. The van der Waals surface area contributed by atoms with Gasteiger partial charge in [-0.25, -0.2) is 0 Å². The van der Waals surface area contributed by atoms with Crippen LogP contribution in [0.1, 0.15) is 18.1 Å². The summed E-state index contributed by atoms with van der Waals surface area (Å²) < 4.78 is 11.7. The van der Waals surface area contributed by atoms with Crippen LogP contribution in [0.3, 0.4) is 0 Å². The number of aliphatic hydroxyl groups is 1. The van der Waals surface area contributed by atoms with Crippen LogP contribution in [0.2, 0.25) is 0 Å². The van der Waals surface area contributed by atoms with Gasteiger partial charge in [-0.2, -0.15) is 0 Å². The van der Waals surface area contributed by atoms with Gasteiger partial charge in [-0.15, -0.1) is 0 Å². The standard InChI is InChI=1S/C13H15BrO3/c1-3-8-6-10(16-2)12-9(4-5-15)13(14)17-11(12)7-8/h6-7,15H,3-5H2,1-2H3. The lowest BCUT2D eigenvalue weighted by atomic mass is 10.1. The van der Waals surface area contributed by atoms with Gasteiger partial charge in [-0.05, 0) is 40.0 Å². The van der Waals surface area contributed by atoms with E-state index in [2.05, 4.69) is 22.9 Å². The molecule has 0 atom stereocenters. The smallest absolute Gasteiger partial charge is 0.173 e. The predicted molar refractivity (Wildman–Crippen MR) is 70.6 cm³/mol. The number of methoxy groups -OCH3 is 1. The lowest BCUT2D eigenvalue weighted by molar-refractivity contribution is 0.299. The first kappa shape index (κ1) is 12.5. The van der Waals surface area contributed by atoms with E-state index in [4.69, 9.17) is 14.3 Å². The summed E-state index contributed by atoms with van der Waals surface area (Å²) in [7, 11) is 1.65. The van der Waals surface area contributed by atoms with E-state index in [1.807, 2.05) is 12.1 Å². The van der Waals surface area contributed by atoms with Crippen LogP contribution < -0.4 is 4.74 Å². The van der Waals surface area contributed by atoms with Gasteiger partial charge in [0.15, 0.2) is 4.67 Å². The number of hydrogen-bond acceptors (Lipinski definition) is 3. The molecule has 0 unspecified atom stereocenters. The Morgan fingerprint density at radius 3 is 2.76 bits per heavy atom. The van der Waals surface area contributed by atoms with Gasteiger partial charge >= 0.3 is 0 Å². The Kier molecular flexibility index (Phi) is 3.74. The minimum atomic E-state index is 0.0892. The quantitative estimate of drug-likeness (QED) is 0.942. The zero-order valence-electron chi connectivity index (χ0n) is 9.92. The molecule has 1 heterocycles. The molecule has 3 nitrogen and oxygen atoms in total. The van der Waals surface area contributed by atoms with Crippen LogP contribution in [0.25, 0.3) is 11.0 Å². The summed E-state index contributed by atoms with van der Waals surface area (Å²) in [6.07, 6.45) is 1.48. The fourth-order valence-corrected chi connectivity index (χ4v) is 2.55. The molecule has 0 amide bonds. The summed E-state index contributed by atoms with van der Waals surface area (Å²) in [4.78, 5) is 0. The van der Waals surface area contributed by atoms with Crippen molar-refractivity contribution in [3.05, 3.63) is 27.9 Å². The second-order valence-corrected chi connectivity index (χ2v) is 4.57. The van der Waals surface area contributed by atoms with Crippen LogP contribution in [-0.2, 0) is 12.8 Å². The number of fused-ring (bicyclic) bond motifs is 1. The van der Waals surface area contributed by atoms with Gasteiger partial charge in [0.1, 0.15) is 11.3 Å². The van der Waals surface area contributed by atoms with Crippen molar-refractivity contribution in [1.29, 1.82) is 0 Å². The number of aliphatic hydroxyl groups excluding tert-OH is 1. The maximum atomic E-state index is 9.08. The van der Waals surface area contributed by atoms with Crippen molar-refractivity contribution < 1.29 is 14.3 Å². The Morgan fingerprint density at radius 1 is 1.41 bits per heavy atom. The Labute approximate surface area is 109 Å². The summed E-state index contributed by atoms with van der Waals surface area (Å²) in [6, 6.07) is 4.04. The van der Waals surface area contributed by atoms with Crippen molar-refractivity contribution >= 4 is 26.9 Å². The maximum Gasteiger partial charge on any atom is 0.173 e. The largest absolute Gasteiger partial charge is 0.496 e. The molecule has 1 N–H and O–H groups in total. The zero-order chi connectivity index (χ0) is 12.4. The van der Waals surface area contributed by atoms with Gasteiger partial charge in [0.25, 0.3) is 0 Å². The Morgan fingerprint density at radius 2 is 2.18 bits per heavy atom. The Bertz CT molecular complexity index is 531. The number of aryl methyl sites for hydroxylation is 1. The maximum absolute atomic E-state index is 9.08. The highest BCUT2D eigenvalue weighted by atomic mass is 79.9. The molecule has 1 aromatic heterocycles. The van der Waals surface area contributed by atoms with Crippen molar-refractivity contribution in [1.82, 2.24) is 0 Å². The molecule has 92 valence electrons. The van der Waals surface area contributed by atoms with E-state index in [9.17, 15) is 0 Å². The number of halogens is 1. The SMILES string of the molecule is CCc1cc(OC)c2c(CCO)c(Br)oc2c1. The number of benzene rings is 1. The summed E-state index contributed by atoms with van der Waals surface area (Å²) in [5.74, 6) is 0.803. The van der Waals surface area contributed by atoms with Crippen molar-refractivity contribution in [2.45, 2.75) is 19.8 Å². The van der Waals surface area contributed by atoms with E-state index in [0.717, 1.165) is 28.7 Å². The van der Waals surface area contributed by atoms with E-state index in [-0.39, 0.29) is 6.61 Å².